The first-order valence-electron chi connectivity index (χ1n) is 6.79. The Kier molecular flexibility index (Phi) is 6.30. The summed E-state index contributed by atoms with van der Waals surface area (Å²) < 4.78 is 0. The van der Waals surface area contributed by atoms with Crippen LogP contribution in [-0.4, -0.2) is 34.6 Å². The second-order valence-electron chi connectivity index (χ2n) is 5.80. The van der Waals surface area contributed by atoms with E-state index in [-0.39, 0.29) is 0 Å². The summed E-state index contributed by atoms with van der Waals surface area (Å²) in [6.07, 6.45) is 3.03. The van der Waals surface area contributed by atoms with Crippen molar-refractivity contribution in [2.45, 2.75) is 33.8 Å². The zero-order valence-electron chi connectivity index (χ0n) is 12.0. The summed E-state index contributed by atoms with van der Waals surface area (Å²) in [6.45, 7) is 11.6. The summed E-state index contributed by atoms with van der Waals surface area (Å²) in [5.41, 5.74) is 0.947. The van der Waals surface area contributed by atoms with Gasteiger partial charge in [0.1, 0.15) is 0 Å². The highest BCUT2D eigenvalue weighted by Crippen LogP contribution is 2.15. The molecule has 18 heavy (non-hydrogen) atoms. The van der Waals surface area contributed by atoms with E-state index >= 15 is 0 Å². The van der Waals surface area contributed by atoms with Gasteiger partial charge in [-0.25, -0.2) is 0 Å². The molecular weight excluding hydrogens is 224 g/mol. The van der Waals surface area contributed by atoms with Gasteiger partial charge in [-0.3, -0.25) is 9.88 Å². The number of aromatic nitrogens is 1. The predicted molar refractivity (Wildman–Crippen MR) is 75.3 cm³/mol. The molecular formula is C15H26N2O. The molecule has 0 fully saturated rings. The van der Waals surface area contributed by atoms with E-state index < -0.39 is 6.10 Å². The topological polar surface area (TPSA) is 36.4 Å². The van der Waals surface area contributed by atoms with E-state index in [1.165, 1.54) is 0 Å². The highest BCUT2D eigenvalue weighted by molar-refractivity contribution is 5.13. The number of nitrogens with zero attached hydrogens (tertiary/aromatic N) is 2. The van der Waals surface area contributed by atoms with Crippen molar-refractivity contribution in [3.8, 4) is 0 Å². The monoisotopic (exact) mass is 250 g/mol. The molecule has 1 atom stereocenters. The third kappa shape index (κ3) is 5.61. The lowest BCUT2D eigenvalue weighted by Gasteiger charge is -2.28. The molecule has 0 radical (unpaired) electrons. The molecule has 0 saturated heterocycles. The van der Waals surface area contributed by atoms with Crippen LogP contribution in [0, 0.1) is 11.8 Å². The first-order chi connectivity index (χ1) is 8.49. The van der Waals surface area contributed by atoms with Crippen LogP contribution in [0.15, 0.2) is 24.5 Å². The molecule has 0 aliphatic rings. The molecule has 1 rings (SSSR count). The van der Waals surface area contributed by atoms with Crippen LogP contribution in [0.25, 0.3) is 0 Å². The van der Waals surface area contributed by atoms with Crippen LogP contribution in [-0.2, 0) is 0 Å². The van der Waals surface area contributed by atoms with Gasteiger partial charge in [0.05, 0.1) is 6.10 Å². The van der Waals surface area contributed by atoms with E-state index in [2.05, 4.69) is 37.6 Å². The Morgan fingerprint density at radius 1 is 1.00 bits per heavy atom. The van der Waals surface area contributed by atoms with Crippen LogP contribution in [0.3, 0.4) is 0 Å². The van der Waals surface area contributed by atoms with Gasteiger partial charge in [-0.05, 0) is 29.5 Å². The number of pyridine rings is 1. The van der Waals surface area contributed by atoms with Crippen molar-refractivity contribution in [1.29, 1.82) is 0 Å². The fourth-order valence-corrected chi connectivity index (χ4v) is 2.19. The molecule has 102 valence electrons. The Labute approximate surface area is 111 Å². The Morgan fingerprint density at radius 3 is 1.94 bits per heavy atom. The zero-order valence-corrected chi connectivity index (χ0v) is 12.0. The lowest BCUT2D eigenvalue weighted by Crippen LogP contribution is -2.35. The standard InChI is InChI=1S/C15H26N2O/c1-12(2)9-17(10-13(3)4)11-15(18)14-5-7-16-8-6-14/h5-8,12-13,15,18H,9-11H2,1-4H3. The second-order valence-corrected chi connectivity index (χ2v) is 5.80. The molecule has 1 heterocycles. The molecule has 1 unspecified atom stereocenters. The van der Waals surface area contributed by atoms with Gasteiger partial charge < -0.3 is 5.11 Å². The van der Waals surface area contributed by atoms with Crippen molar-refractivity contribution in [3.05, 3.63) is 30.1 Å². The van der Waals surface area contributed by atoms with E-state index in [4.69, 9.17) is 0 Å². The summed E-state index contributed by atoms with van der Waals surface area (Å²) in [4.78, 5) is 6.33. The summed E-state index contributed by atoms with van der Waals surface area (Å²) in [5.74, 6) is 1.24. The van der Waals surface area contributed by atoms with E-state index in [1.807, 2.05) is 12.1 Å². The number of aliphatic hydroxyl groups excluding tert-OH is 1. The third-order valence-electron chi connectivity index (χ3n) is 2.77. The Bertz CT molecular complexity index is 315. The normalized spacial score (nSPS) is 13.6. The minimum absolute atomic E-state index is 0.425. The van der Waals surface area contributed by atoms with Crippen molar-refractivity contribution >= 4 is 0 Å². The van der Waals surface area contributed by atoms with Crippen molar-refractivity contribution in [2.24, 2.45) is 11.8 Å². The Morgan fingerprint density at radius 2 is 1.50 bits per heavy atom. The van der Waals surface area contributed by atoms with E-state index in [1.54, 1.807) is 12.4 Å². The van der Waals surface area contributed by atoms with Gasteiger partial charge in [0.25, 0.3) is 0 Å². The number of hydrogen-bond acceptors (Lipinski definition) is 3. The average molecular weight is 250 g/mol. The fraction of sp³-hybridized carbons (Fsp3) is 0.667. The maximum absolute atomic E-state index is 10.2. The summed E-state index contributed by atoms with van der Waals surface area (Å²) in [7, 11) is 0. The van der Waals surface area contributed by atoms with Crippen molar-refractivity contribution in [2.75, 3.05) is 19.6 Å². The molecule has 1 aromatic heterocycles. The summed E-state index contributed by atoms with van der Waals surface area (Å²) in [5, 5.41) is 10.2. The van der Waals surface area contributed by atoms with Crippen molar-refractivity contribution < 1.29 is 5.11 Å². The molecule has 0 amide bonds. The van der Waals surface area contributed by atoms with Crippen LogP contribution in [0.5, 0.6) is 0 Å². The largest absolute Gasteiger partial charge is 0.387 e. The quantitative estimate of drug-likeness (QED) is 0.808. The minimum atomic E-state index is -0.425. The first kappa shape index (κ1) is 15.1. The van der Waals surface area contributed by atoms with Gasteiger partial charge in [0, 0.05) is 32.0 Å². The van der Waals surface area contributed by atoms with E-state index in [0.29, 0.717) is 18.4 Å². The molecule has 3 heteroatoms. The second kappa shape index (κ2) is 7.49. The molecule has 0 aliphatic carbocycles. The Hall–Kier alpha value is -0.930. The predicted octanol–water partition coefficient (Wildman–Crippen LogP) is 2.73. The molecule has 0 spiro atoms. The van der Waals surface area contributed by atoms with E-state index in [9.17, 15) is 5.11 Å². The molecule has 0 aliphatic heterocycles. The highest BCUT2D eigenvalue weighted by atomic mass is 16.3. The fourth-order valence-electron chi connectivity index (χ4n) is 2.19. The van der Waals surface area contributed by atoms with Crippen LogP contribution < -0.4 is 0 Å². The maximum atomic E-state index is 10.2. The smallest absolute Gasteiger partial charge is 0.0918 e. The van der Waals surface area contributed by atoms with Crippen LogP contribution >= 0.6 is 0 Å². The SMILES string of the molecule is CC(C)CN(CC(C)C)CC(O)c1ccncc1. The van der Waals surface area contributed by atoms with Crippen LogP contribution in [0.1, 0.15) is 39.4 Å². The maximum Gasteiger partial charge on any atom is 0.0918 e. The highest BCUT2D eigenvalue weighted by Gasteiger charge is 2.15. The lowest BCUT2D eigenvalue weighted by atomic mass is 10.1. The molecule has 1 N–H and O–H groups in total. The zero-order chi connectivity index (χ0) is 13.5. The van der Waals surface area contributed by atoms with Gasteiger partial charge in [0.15, 0.2) is 0 Å². The van der Waals surface area contributed by atoms with Crippen molar-refractivity contribution in [1.82, 2.24) is 9.88 Å². The van der Waals surface area contributed by atoms with Crippen molar-refractivity contribution in [3.63, 3.8) is 0 Å². The van der Waals surface area contributed by atoms with Gasteiger partial charge in [-0.15, -0.1) is 0 Å². The van der Waals surface area contributed by atoms with Gasteiger partial charge in [-0.2, -0.15) is 0 Å². The number of aliphatic hydroxyl groups is 1. The summed E-state index contributed by atoms with van der Waals surface area (Å²) >= 11 is 0. The molecule has 0 bridgehead atoms. The molecule has 0 aromatic carbocycles. The van der Waals surface area contributed by atoms with Gasteiger partial charge in [0.2, 0.25) is 0 Å². The summed E-state index contributed by atoms with van der Waals surface area (Å²) in [6, 6.07) is 3.77. The third-order valence-corrected chi connectivity index (χ3v) is 2.77. The minimum Gasteiger partial charge on any atom is -0.387 e. The van der Waals surface area contributed by atoms with Crippen LogP contribution in [0.4, 0.5) is 0 Å². The van der Waals surface area contributed by atoms with Gasteiger partial charge >= 0.3 is 0 Å². The number of rotatable bonds is 7. The Balaban J connectivity index is 2.59. The van der Waals surface area contributed by atoms with E-state index in [0.717, 1.165) is 18.7 Å². The average Bonchev–Trinajstić information content (AvgIpc) is 2.28. The number of hydrogen-bond donors (Lipinski definition) is 1. The molecule has 1 aromatic rings. The lowest BCUT2D eigenvalue weighted by molar-refractivity contribution is 0.0986. The van der Waals surface area contributed by atoms with Crippen LogP contribution in [0.2, 0.25) is 0 Å². The molecule has 3 nitrogen and oxygen atoms in total. The first-order valence-corrected chi connectivity index (χ1v) is 6.79. The van der Waals surface area contributed by atoms with Gasteiger partial charge in [-0.1, -0.05) is 27.7 Å². The molecule has 0 saturated carbocycles.